The van der Waals surface area contributed by atoms with Crippen LogP contribution in [0.4, 0.5) is 4.39 Å². The highest BCUT2D eigenvalue weighted by Gasteiger charge is 2.18. The number of benzene rings is 2. The van der Waals surface area contributed by atoms with Gasteiger partial charge in [0.15, 0.2) is 11.0 Å². The maximum atomic E-state index is 13.1. The lowest BCUT2D eigenvalue weighted by Gasteiger charge is -2.13. The SMILES string of the molecule is COCC(=O)NCc1nnc(SCc2ccc(F)cc2)n1-c1cc(Cl)ccc1Cl. The van der Waals surface area contributed by atoms with Crippen molar-refractivity contribution in [3.8, 4) is 5.69 Å². The minimum absolute atomic E-state index is 0.0573. The van der Waals surface area contributed by atoms with E-state index in [1.54, 1.807) is 34.9 Å². The van der Waals surface area contributed by atoms with Crippen LogP contribution < -0.4 is 5.32 Å². The van der Waals surface area contributed by atoms with Crippen molar-refractivity contribution in [2.75, 3.05) is 13.7 Å². The second-order valence-corrected chi connectivity index (χ2v) is 7.74. The number of nitrogens with zero attached hydrogens (tertiary/aromatic N) is 3. The lowest BCUT2D eigenvalue weighted by atomic mass is 10.2. The highest BCUT2D eigenvalue weighted by molar-refractivity contribution is 7.98. The highest BCUT2D eigenvalue weighted by Crippen LogP contribution is 2.30. The molecule has 0 spiro atoms. The Morgan fingerprint density at radius 3 is 2.69 bits per heavy atom. The number of amides is 1. The summed E-state index contributed by atoms with van der Waals surface area (Å²) in [6.45, 7) is 0.0768. The summed E-state index contributed by atoms with van der Waals surface area (Å²) in [6, 6.07) is 11.3. The summed E-state index contributed by atoms with van der Waals surface area (Å²) in [5, 5.41) is 12.7. The van der Waals surface area contributed by atoms with E-state index >= 15 is 0 Å². The third-order valence-corrected chi connectivity index (χ3v) is 5.40. The molecule has 2 aromatic carbocycles. The number of ether oxygens (including phenoxy) is 1. The van der Waals surface area contributed by atoms with Crippen LogP contribution >= 0.6 is 35.0 Å². The Morgan fingerprint density at radius 1 is 1.21 bits per heavy atom. The van der Waals surface area contributed by atoms with E-state index < -0.39 is 0 Å². The van der Waals surface area contributed by atoms with Gasteiger partial charge in [-0.1, -0.05) is 47.1 Å². The van der Waals surface area contributed by atoms with E-state index in [4.69, 9.17) is 27.9 Å². The zero-order valence-electron chi connectivity index (χ0n) is 15.4. The molecule has 0 saturated heterocycles. The van der Waals surface area contributed by atoms with E-state index in [1.165, 1.54) is 31.0 Å². The molecule has 0 fully saturated rings. The topological polar surface area (TPSA) is 69.0 Å². The number of carbonyl (C=O) groups is 1. The molecule has 3 aromatic rings. The van der Waals surface area contributed by atoms with Crippen LogP contribution in [0.25, 0.3) is 5.69 Å². The third kappa shape index (κ3) is 5.70. The molecule has 29 heavy (non-hydrogen) atoms. The Morgan fingerprint density at radius 2 is 1.97 bits per heavy atom. The standard InChI is InChI=1S/C19H17Cl2FN4O2S/c1-28-10-18(27)23-9-17-24-25-19(29-11-12-2-5-14(22)6-3-12)26(17)16-8-13(20)4-7-15(16)21/h2-8H,9-11H2,1H3,(H,23,27). The maximum Gasteiger partial charge on any atom is 0.246 e. The number of rotatable bonds is 8. The van der Waals surface area contributed by atoms with E-state index in [2.05, 4.69) is 15.5 Å². The van der Waals surface area contributed by atoms with E-state index in [0.717, 1.165) is 5.56 Å². The lowest BCUT2D eigenvalue weighted by Crippen LogP contribution is -2.28. The summed E-state index contributed by atoms with van der Waals surface area (Å²) < 4.78 is 19.7. The molecular weight excluding hydrogens is 438 g/mol. The summed E-state index contributed by atoms with van der Waals surface area (Å²) in [6.07, 6.45) is 0. The molecule has 1 heterocycles. The lowest BCUT2D eigenvalue weighted by molar-refractivity contribution is -0.124. The molecule has 0 aliphatic carbocycles. The zero-order chi connectivity index (χ0) is 20.8. The minimum Gasteiger partial charge on any atom is -0.375 e. The second-order valence-electron chi connectivity index (χ2n) is 5.95. The normalized spacial score (nSPS) is 10.9. The van der Waals surface area contributed by atoms with E-state index in [1.807, 2.05) is 0 Å². The van der Waals surface area contributed by atoms with Gasteiger partial charge >= 0.3 is 0 Å². The fourth-order valence-corrected chi connectivity index (χ4v) is 3.78. The van der Waals surface area contributed by atoms with Gasteiger partial charge in [-0.3, -0.25) is 9.36 Å². The van der Waals surface area contributed by atoms with E-state index in [0.29, 0.717) is 32.5 Å². The summed E-state index contributed by atoms with van der Waals surface area (Å²) in [7, 11) is 1.44. The predicted octanol–water partition coefficient (Wildman–Crippen LogP) is 4.27. The van der Waals surface area contributed by atoms with Crippen LogP contribution in [0.3, 0.4) is 0 Å². The first kappa shape index (κ1) is 21.6. The van der Waals surface area contributed by atoms with E-state index in [9.17, 15) is 9.18 Å². The molecule has 3 rings (SSSR count). The number of thioether (sulfide) groups is 1. The summed E-state index contributed by atoms with van der Waals surface area (Å²) in [5.74, 6) is 0.466. The Hall–Kier alpha value is -2.13. The molecule has 0 radical (unpaired) electrons. The zero-order valence-corrected chi connectivity index (χ0v) is 17.7. The number of halogens is 3. The number of methoxy groups -OCH3 is 1. The number of aromatic nitrogens is 3. The second kappa shape index (κ2) is 10.1. The van der Waals surface area contributed by atoms with Gasteiger partial charge < -0.3 is 10.1 Å². The van der Waals surface area contributed by atoms with Crippen molar-refractivity contribution in [1.29, 1.82) is 0 Å². The summed E-state index contributed by atoms with van der Waals surface area (Å²) in [4.78, 5) is 11.8. The smallest absolute Gasteiger partial charge is 0.246 e. The Balaban J connectivity index is 1.89. The number of hydrogen-bond donors (Lipinski definition) is 1. The first-order chi connectivity index (χ1) is 14.0. The van der Waals surface area contributed by atoms with Gasteiger partial charge in [-0.2, -0.15) is 0 Å². The molecule has 1 aromatic heterocycles. The molecule has 0 aliphatic rings. The molecule has 6 nitrogen and oxygen atoms in total. The molecular formula is C19H17Cl2FN4O2S. The van der Waals surface area contributed by atoms with Crippen LogP contribution in [0.1, 0.15) is 11.4 Å². The number of nitrogens with one attached hydrogen (secondary N) is 1. The number of carbonyl (C=O) groups excluding carboxylic acids is 1. The molecule has 0 atom stereocenters. The molecule has 0 saturated carbocycles. The van der Waals surface area contributed by atoms with Crippen LogP contribution in [0.5, 0.6) is 0 Å². The van der Waals surface area contributed by atoms with Crippen LogP contribution in [0.15, 0.2) is 47.6 Å². The largest absolute Gasteiger partial charge is 0.375 e. The molecule has 0 unspecified atom stereocenters. The quantitative estimate of drug-likeness (QED) is 0.514. The molecule has 0 aliphatic heterocycles. The van der Waals surface area contributed by atoms with Gasteiger partial charge in [0.05, 0.1) is 17.3 Å². The van der Waals surface area contributed by atoms with Crippen molar-refractivity contribution in [3.63, 3.8) is 0 Å². The van der Waals surface area contributed by atoms with Gasteiger partial charge in [0.25, 0.3) is 0 Å². The molecule has 10 heteroatoms. The summed E-state index contributed by atoms with van der Waals surface area (Å²) in [5.41, 5.74) is 1.53. The van der Waals surface area contributed by atoms with Gasteiger partial charge in [-0.05, 0) is 35.9 Å². The van der Waals surface area contributed by atoms with Crippen LogP contribution in [-0.2, 0) is 21.8 Å². The fourth-order valence-electron chi connectivity index (χ4n) is 2.50. The van der Waals surface area contributed by atoms with Crippen molar-refractivity contribution in [2.45, 2.75) is 17.5 Å². The Labute approximate surface area is 181 Å². The average Bonchev–Trinajstić information content (AvgIpc) is 3.10. The van der Waals surface area contributed by atoms with Crippen LogP contribution in [-0.4, -0.2) is 34.4 Å². The third-order valence-electron chi connectivity index (χ3n) is 3.85. The summed E-state index contributed by atoms with van der Waals surface area (Å²) >= 11 is 13.9. The van der Waals surface area contributed by atoms with Crippen molar-refractivity contribution in [3.05, 3.63) is 69.7 Å². The molecule has 0 bridgehead atoms. The minimum atomic E-state index is -0.290. The number of hydrogen-bond acceptors (Lipinski definition) is 5. The van der Waals surface area contributed by atoms with Crippen LogP contribution in [0, 0.1) is 5.82 Å². The van der Waals surface area contributed by atoms with Gasteiger partial charge in [-0.25, -0.2) is 4.39 Å². The average molecular weight is 455 g/mol. The maximum absolute atomic E-state index is 13.1. The van der Waals surface area contributed by atoms with Crippen molar-refractivity contribution in [2.24, 2.45) is 0 Å². The highest BCUT2D eigenvalue weighted by atomic mass is 35.5. The fraction of sp³-hybridized carbons (Fsp3) is 0.211. The van der Waals surface area contributed by atoms with E-state index in [-0.39, 0.29) is 24.9 Å². The first-order valence-corrected chi connectivity index (χ1v) is 10.2. The van der Waals surface area contributed by atoms with Gasteiger partial charge in [0.1, 0.15) is 12.4 Å². The van der Waals surface area contributed by atoms with Crippen molar-refractivity contribution in [1.82, 2.24) is 20.1 Å². The van der Waals surface area contributed by atoms with Crippen molar-refractivity contribution < 1.29 is 13.9 Å². The van der Waals surface area contributed by atoms with Crippen molar-refractivity contribution >= 4 is 40.9 Å². The molecule has 1 N–H and O–H groups in total. The Kier molecular flexibility index (Phi) is 7.49. The monoisotopic (exact) mass is 454 g/mol. The van der Waals surface area contributed by atoms with Gasteiger partial charge in [0, 0.05) is 17.9 Å². The first-order valence-electron chi connectivity index (χ1n) is 8.50. The van der Waals surface area contributed by atoms with Gasteiger partial charge in [-0.15, -0.1) is 10.2 Å². The Bertz CT molecular complexity index is 998. The molecule has 152 valence electrons. The van der Waals surface area contributed by atoms with Crippen LogP contribution in [0.2, 0.25) is 10.0 Å². The van der Waals surface area contributed by atoms with Gasteiger partial charge in [0.2, 0.25) is 5.91 Å². The molecule has 1 amide bonds. The predicted molar refractivity (Wildman–Crippen MR) is 111 cm³/mol.